The van der Waals surface area contributed by atoms with E-state index in [4.69, 9.17) is 9.47 Å². The zero-order chi connectivity index (χ0) is 21.5. The van der Waals surface area contributed by atoms with Crippen LogP contribution in [0.1, 0.15) is 62.7 Å². The lowest BCUT2D eigenvalue weighted by molar-refractivity contribution is -0.126. The Kier molecular flexibility index (Phi) is 7.75. The fourth-order valence-electron chi connectivity index (χ4n) is 4.04. The summed E-state index contributed by atoms with van der Waals surface area (Å²) in [5.41, 5.74) is 1.98. The fourth-order valence-corrected chi connectivity index (χ4v) is 4.04. The van der Waals surface area contributed by atoms with Crippen LogP contribution in [0.2, 0.25) is 0 Å². The van der Waals surface area contributed by atoms with Crippen molar-refractivity contribution in [1.82, 2.24) is 10.2 Å². The summed E-state index contributed by atoms with van der Waals surface area (Å²) in [4.78, 5) is 15.2. The van der Waals surface area contributed by atoms with E-state index >= 15 is 0 Å². The number of amides is 1. The Bertz CT molecular complexity index is 818. The van der Waals surface area contributed by atoms with Crippen molar-refractivity contribution in [3.63, 3.8) is 0 Å². The van der Waals surface area contributed by atoms with Crippen LogP contribution in [0.5, 0.6) is 11.5 Å². The molecule has 5 heteroatoms. The van der Waals surface area contributed by atoms with E-state index < -0.39 is 0 Å². The van der Waals surface area contributed by atoms with Gasteiger partial charge in [-0.3, -0.25) is 9.69 Å². The van der Waals surface area contributed by atoms with Crippen molar-refractivity contribution >= 4 is 5.91 Å². The van der Waals surface area contributed by atoms with Crippen LogP contribution < -0.4 is 14.8 Å². The summed E-state index contributed by atoms with van der Waals surface area (Å²) in [6, 6.07) is 15.4. The van der Waals surface area contributed by atoms with E-state index in [-0.39, 0.29) is 24.1 Å². The number of likely N-dealkylation sites (N-methyl/N-ethyl adjacent to an activating group) is 1. The number of carbonyl (C=O) groups is 1. The zero-order valence-corrected chi connectivity index (χ0v) is 18.6. The number of hydrogen-bond acceptors (Lipinski definition) is 4. The number of rotatable bonds is 9. The second-order valence-electron chi connectivity index (χ2n) is 8.05. The Morgan fingerprint density at radius 2 is 1.80 bits per heavy atom. The number of carbonyl (C=O) groups excluding carboxylic acids is 1. The molecule has 0 spiro atoms. The Morgan fingerprint density at radius 1 is 1.10 bits per heavy atom. The van der Waals surface area contributed by atoms with E-state index in [1.165, 1.54) is 12.8 Å². The first-order valence-electron chi connectivity index (χ1n) is 10.9. The molecule has 162 valence electrons. The molecule has 1 aliphatic rings. The standard InChI is InChI=1S/C25H34N2O3/c1-5-27(3)24(19-11-7-6-8-12-19)25(28)26-18(2)20-15-16-22(23(17-20)29-4)30-21-13-9-10-14-21/h6-8,11-12,15-18,21,24H,5,9-10,13-14H2,1-4H3,(H,26,28). The second kappa shape index (κ2) is 10.5. The molecule has 0 bridgehead atoms. The van der Waals surface area contributed by atoms with E-state index in [0.717, 1.165) is 36.3 Å². The Balaban J connectivity index is 1.73. The summed E-state index contributed by atoms with van der Waals surface area (Å²) >= 11 is 0. The molecule has 2 aromatic rings. The fraction of sp³-hybridized carbons (Fsp3) is 0.480. The first kappa shape index (κ1) is 22.2. The van der Waals surface area contributed by atoms with Gasteiger partial charge in [0.25, 0.3) is 0 Å². The molecule has 1 amide bonds. The van der Waals surface area contributed by atoms with Crippen LogP contribution in [-0.4, -0.2) is 37.6 Å². The minimum atomic E-state index is -0.328. The van der Waals surface area contributed by atoms with Crippen LogP contribution in [0.15, 0.2) is 48.5 Å². The summed E-state index contributed by atoms with van der Waals surface area (Å²) < 4.78 is 11.7. The average Bonchev–Trinajstić information content (AvgIpc) is 3.27. The molecule has 1 N–H and O–H groups in total. The van der Waals surface area contributed by atoms with E-state index in [0.29, 0.717) is 5.75 Å². The first-order valence-corrected chi connectivity index (χ1v) is 10.9. The Hall–Kier alpha value is -2.53. The lowest BCUT2D eigenvalue weighted by atomic mass is 10.0. The highest BCUT2D eigenvalue weighted by Crippen LogP contribution is 2.34. The van der Waals surface area contributed by atoms with Gasteiger partial charge in [-0.25, -0.2) is 0 Å². The van der Waals surface area contributed by atoms with Crippen molar-refractivity contribution in [3.05, 3.63) is 59.7 Å². The first-order chi connectivity index (χ1) is 14.5. The van der Waals surface area contributed by atoms with Crippen molar-refractivity contribution in [2.75, 3.05) is 20.7 Å². The molecule has 1 saturated carbocycles. The maximum absolute atomic E-state index is 13.2. The van der Waals surface area contributed by atoms with Gasteiger partial charge >= 0.3 is 0 Å². The average molecular weight is 411 g/mol. The molecule has 3 rings (SSSR count). The highest BCUT2D eigenvalue weighted by atomic mass is 16.5. The third-order valence-corrected chi connectivity index (χ3v) is 5.95. The molecule has 0 heterocycles. The van der Waals surface area contributed by atoms with Crippen LogP contribution in [0.25, 0.3) is 0 Å². The van der Waals surface area contributed by atoms with Crippen molar-refractivity contribution in [2.24, 2.45) is 0 Å². The number of methoxy groups -OCH3 is 1. The lowest BCUT2D eigenvalue weighted by Crippen LogP contribution is -2.39. The molecule has 0 radical (unpaired) electrons. The van der Waals surface area contributed by atoms with Gasteiger partial charge in [0.15, 0.2) is 11.5 Å². The second-order valence-corrected chi connectivity index (χ2v) is 8.05. The predicted molar refractivity (Wildman–Crippen MR) is 120 cm³/mol. The van der Waals surface area contributed by atoms with Crippen LogP contribution >= 0.6 is 0 Å². The number of ether oxygens (including phenoxy) is 2. The lowest BCUT2D eigenvalue weighted by Gasteiger charge is -2.28. The maximum Gasteiger partial charge on any atom is 0.242 e. The summed E-state index contributed by atoms with van der Waals surface area (Å²) in [6.45, 7) is 4.83. The molecule has 2 atom stereocenters. The minimum Gasteiger partial charge on any atom is -0.493 e. The molecule has 0 aliphatic heterocycles. The van der Waals surface area contributed by atoms with E-state index in [9.17, 15) is 4.79 Å². The van der Waals surface area contributed by atoms with Crippen LogP contribution in [0.3, 0.4) is 0 Å². The van der Waals surface area contributed by atoms with E-state index in [1.54, 1.807) is 7.11 Å². The van der Waals surface area contributed by atoms with Gasteiger partial charge in [-0.05, 0) is 69.5 Å². The summed E-state index contributed by atoms with van der Waals surface area (Å²) in [5, 5.41) is 3.18. The predicted octanol–water partition coefficient (Wildman–Crippen LogP) is 4.89. The van der Waals surface area contributed by atoms with Crippen molar-refractivity contribution in [2.45, 2.75) is 57.7 Å². The van der Waals surface area contributed by atoms with Crippen LogP contribution in [0, 0.1) is 0 Å². The molecular formula is C25H34N2O3. The number of hydrogen-bond donors (Lipinski definition) is 1. The highest BCUT2D eigenvalue weighted by molar-refractivity contribution is 5.83. The number of nitrogens with one attached hydrogen (secondary N) is 1. The largest absolute Gasteiger partial charge is 0.493 e. The maximum atomic E-state index is 13.2. The molecule has 2 unspecified atom stereocenters. The highest BCUT2D eigenvalue weighted by Gasteiger charge is 2.26. The van der Waals surface area contributed by atoms with Crippen LogP contribution in [-0.2, 0) is 4.79 Å². The number of benzene rings is 2. The monoisotopic (exact) mass is 410 g/mol. The molecule has 30 heavy (non-hydrogen) atoms. The topological polar surface area (TPSA) is 50.8 Å². The van der Waals surface area contributed by atoms with Gasteiger partial charge in [-0.15, -0.1) is 0 Å². The van der Waals surface area contributed by atoms with Gasteiger partial charge in [0.2, 0.25) is 5.91 Å². The van der Waals surface area contributed by atoms with Gasteiger partial charge in [-0.1, -0.05) is 43.3 Å². The normalized spacial score (nSPS) is 16.3. The van der Waals surface area contributed by atoms with Gasteiger partial charge in [0, 0.05) is 0 Å². The number of nitrogens with zero attached hydrogens (tertiary/aromatic N) is 1. The summed E-state index contributed by atoms with van der Waals surface area (Å²) in [7, 11) is 3.63. The molecular weight excluding hydrogens is 376 g/mol. The van der Waals surface area contributed by atoms with Gasteiger partial charge < -0.3 is 14.8 Å². The van der Waals surface area contributed by atoms with Crippen molar-refractivity contribution in [1.29, 1.82) is 0 Å². The Morgan fingerprint density at radius 3 is 2.43 bits per heavy atom. The van der Waals surface area contributed by atoms with Gasteiger partial charge in [0.1, 0.15) is 6.04 Å². The van der Waals surface area contributed by atoms with Crippen LogP contribution in [0.4, 0.5) is 0 Å². The molecule has 1 aliphatic carbocycles. The quantitative estimate of drug-likeness (QED) is 0.640. The Labute approximate surface area is 180 Å². The third-order valence-electron chi connectivity index (χ3n) is 5.95. The molecule has 1 fully saturated rings. The smallest absolute Gasteiger partial charge is 0.242 e. The minimum absolute atomic E-state index is 0.0108. The van der Waals surface area contributed by atoms with E-state index in [1.807, 2.05) is 62.5 Å². The molecule has 0 aromatic heterocycles. The SMILES string of the molecule is CCN(C)C(C(=O)NC(C)c1ccc(OC2CCCC2)c(OC)c1)c1ccccc1. The van der Waals surface area contributed by atoms with E-state index in [2.05, 4.69) is 17.1 Å². The third kappa shape index (κ3) is 5.33. The zero-order valence-electron chi connectivity index (χ0n) is 18.6. The molecule has 5 nitrogen and oxygen atoms in total. The van der Waals surface area contributed by atoms with Gasteiger partial charge in [0.05, 0.1) is 19.3 Å². The summed E-state index contributed by atoms with van der Waals surface area (Å²) in [5.74, 6) is 1.48. The van der Waals surface area contributed by atoms with Crippen molar-refractivity contribution < 1.29 is 14.3 Å². The van der Waals surface area contributed by atoms with Crippen molar-refractivity contribution in [3.8, 4) is 11.5 Å². The summed E-state index contributed by atoms with van der Waals surface area (Å²) in [6.07, 6.45) is 4.93. The molecule has 2 aromatic carbocycles. The molecule has 0 saturated heterocycles. The van der Waals surface area contributed by atoms with Gasteiger partial charge in [-0.2, -0.15) is 0 Å².